The number of hydrogen-bond acceptors (Lipinski definition) is 4. The lowest BCUT2D eigenvalue weighted by Gasteiger charge is -2.05. The average Bonchev–Trinajstić information content (AvgIpc) is 2.95. The van der Waals surface area contributed by atoms with Crippen LogP contribution in [0.5, 0.6) is 0 Å². The predicted octanol–water partition coefficient (Wildman–Crippen LogP) is 4.56. The van der Waals surface area contributed by atoms with Gasteiger partial charge in [-0.25, -0.2) is 4.98 Å². The number of nitrogens with one attached hydrogen (secondary N) is 2. The summed E-state index contributed by atoms with van der Waals surface area (Å²) >= 11 is 1.48. The van der Waals surface area contributed by atoms with Gasteiger partial charge in [-0.2, -0.15) is 0 Å². The molecule has 0 saturated heterocycles. The van der Waals surface area contributed by atoms with Gasteiger partial charge in [0.1, 0.15) is 0 Å². The van der Waals surface area contributed by atoms with E-state index in [-0.39, 0.29) is 11.8 Å². The van der Waals surface area contributed by atoms with E-state index in [0.29, 0.717) is 16.4 Å². The first-order chi connectivity index (χ1) is 12.9. The second kappa shape index (κ2) is 8.14. The van der Waals surface area contributed by atoms with Crippen molar-refractivity contribution < 1.29 is 9.59 Å². The fourth-order valence-corrected chi connectivity index (χ4v) is 3.64. The smallest absolute Gasteiger partial charge is 0.257 e. The molecule has 27 heavy (non-hydrogen) atoms. The molecule has 0 fully saturated rings. The second-order valence-corrected chi connectivity index (χ2v) is 7.49. The van der Waals surface area contributed by atoms with Crippen molar-refractivity contribution in [3.05, 3.63) is 75.8 Å². The van der Waals surface area contributed by atoms with E-state index in [1.54, 1.807) is 24.3 Å². The molecule has 6 heteroatoms. The SMILES string of the molecule is CC(=O)Nc1cccc(C(=O)Nc2nc(C)c(Cc3ccc(C)cc3)s2)c1. The summed E-state index contributed by atoms with van der Waals surface area (Å²) in [4.78, 5) is 29.3. The van der Waals surface area contributed by atoms with E-state index in [1.807, 2.05) is 6.92 Å². The van der Waals surface area contributed by atoms with Crippen LogP contribution in [0.15, 0.2) is 48.5 Å². The van der Waals surface area contributed by atoms with E-state index in [4.69, 9.17) is 0 Å². The maximum absolute atomic E-state index is 12.5. The number of anilines is 2. The molecule has 5 nitrogen and oxygen atoms in total. The number of rotatable bonds is 5. The van der Waals surface area contributed by atoms with Crippen LogP contribution in [-0.2, 0) is 11.2 Å². The van der Waals surface area contributed by atoms with Gasteiger partial charge in [0, 0.05) is 29.5 Å². The van der Waals surface area contributed by atoms with E-state index in [0.717, 1.165) is 17.0 Å². The number of aromatic nitrogens is 1. The monoisotopic (exact) mass is 379 g/mol. The number of carbonyl (C=O) groups is 2. The van der Waals surface area contributed by atoms with Crippen LogP contribution in [0.25, 0.3) is 0 Å². The van der Waals surface area contributed by atoms with Crippen molar-refractivity contribution in [1.29, 1.82) is 0 Å². The summed E-state index contributed by atoms with van der Waals surface area (Å²) < 4.78 is 0. The number of aryl methyl sites for hydroxylation is 2. The Bertz CT molecular complexity index is 977. The van der Waals surface area contributed by atoms with Gasteiger partial charge in [-0.05, 0) is 37.6 Å². The first-order valence-electron chi connectivity index (χ1n) is 8.61. The first kappa shape index (κ1) is 18.8. The van der Waals surface area contributed by atoms with Crippen molar-refractivity contribution in [3.63, 3.8) is 0 Å². The molecule has 2 amide bonds. The zero-order valence-corrected chi connectivity index (χ0v) is 16.3. The van der Waals surface area contributed by atoms with E-state index in [2.05, 4.69) is 46.8 Å². The molecule has 0 radical (unpaired) electrons. The Labute approximate surface area is 162 Å². The van der Waals surface area contributed by atoms with E-state index in [9.17, 15) is 9.59 Å². The molecule has 1 heterocycles. The van der Waals surface area contributed by atoms with Gasteiger partial charge in [0.25, 0.3) is 5.91 Å². The Kier molecular flexibility index (Phi) is 5.66. The van der Waals surface area contributed by atoms with Gasteiger partial charge in [0.05, 0.1) is 5.69 Å². The molecule has 0 unspecified atom stereocenters. The number of thiazole rings is 1. The minimum atomic E-state index is -0.252. The first-order valence-corrected chi connectivity index (χ1v) is 9.43. The number of hydrogen-bond donors (Lipinski definition) is 2. The average molecular weight is 379 g/mol. The Hall–Kier alpha value is -2.99. The van der Waals surface area contributed by atoms with E-state index < -0.39 is 0 Å². The van der Waals surface area contributed by atoms with Crippen LogP contribution in [0.4, 0.5) is 10.8 Å². The summed E-state index contributed by atoms with van der Waals surface area (Å²) in [7, 11) is 0. The highest BCUT2D eigenvalue weighted by Crippen LogP contribution is 2.26. The lowest BCUT2D eigenvalue weighted by Crippen LogP contribution is -2.13. The third-order valence-electron chi connectivity index (χ3n) is 4.04. The van der Waals surface area contributed by atoms with E-state index in [1.165, 1.54) is 29.4 Å². The molecular weight excluding hydrogens is 358 g/mol. The lowest BCUT2D eigenvalue weighted by molar-refractivity contribution is -0.114. The van der Waals surface area contributed by atoms with Crippen LogP contribution in [0, 0.1) is 13.8 Å². The number of nitrogens with zero attached hydrogens (tertiary/aromatic N) is 1. The zero-order chi connectivity index (χ0) is 19.4. The molecule has 3 aromatic rings. The van der Waals surface area contributed by atoms with Crippen molar-refractivity contribution >= 4 is 34.0 Å². The Morgan fingerprint density at radius 2 is 1.78 bits per heavy atom. The minimum Gasteiger partial charge on any atom is -0.326 e. The van der Waals surface area contributed by atoms with Gasteiger partial charge in [-0.1, -0.05) is 35.9 Å². The molecule has 0 aliphatic heterocycles. The third-order valence-corrected chi connectivity index (χ3v) is 5.12. The summed E-state index contributed by atoms with van der Waals surface area (Å²) in [6.07, 6.45) is 0.789. The van der Waals surface area contributed by atoms with Crippen LogP contribution in [-0.4, -0.2) is 16.8 Å². The molecule has 2 aromatic carbocycles. The normalized spacial score (nSPS) is 10.5. The lowest BCUT2D eigenvalue weighted by atomic mass is 10.1. The van der Waals surface area contributed by atoms with Crippen molar-refractivity contribution in [2.45, 2.75) is 27.2 Å². The standard InChI is InChI=1S/C21H21N3O2S/c1-13-7-9-16(10-8-13)11-19-14(2)22-21(27-19)24-20(26)17-5-4-6-18(12-17)23-15(3)25/h4-10,12H,11H2,1-3H3,(H,23,25)(H,22,24,26). The number of benzene rings is 2. The number of carbonyl (C=O) groups excluding carboxylic acids is 2. The molecule has 0 saturated carbocycles. The molecule has 0 spiro atoms. The zero-order valence-electron chi connectivity index (χ0n) is 15.5. The summed E-state index contributed by atoms with van der Waals surface area (Å²) in [6.45, 7) is 5.45. The highest BCUT2D eigenvalue weighted by Gasteiger charge is 2.13. The number of amides is 2. The molecular formula is C21H21N3O2S. The molecule has 3 rings (SSSR count). The van der Waals surface area contributed by atoms with Gasteiger partial charge in [-0.15, -0.1) is 11.3 Å². The van der Waals surface area contributed by atoms with Crippen molar-refractivity contribution in [2.75, 3.05) is 10.6 Å². The molecule has 2 N–H and O–H groups in total. The van der Waals surface area contributed by atoms with Gasteiger partial charge in [0.2, 0.25) is 5.91 Å². The molecule has 138 valence electrons. The van der Waals surface area contributed by atoms with Gasteiger partial charge in [-0.3, -0.25) is 14.9 Å². The van der Waals surface area contributed by atoms with Crippen LogP contribution in [0.1, 0.15) is 39.0 Å². The van der Waals surface area contributed by atoms with Crippen molar-refractivity contribution in [2.24, 2.45) is 0 Å². The fourth-order valence-electron chi connectivity index (χ4n) is 2.65. The quantitative estimate of drug-likeness (QED) is 0.682. The topological polar surface area (TPSA) is 71.1 Å². The van der Waals surface area contributed by atoms with Crippen LogP contribution in [0.3, 0.4) is 0 Å². The van der Waals surface area contributed by atoms with Crippen molar-refractivity contribution in [3.8, 4) is 0 Å². The van der Waals surface area contributed by atoms with Gasteiger partial charge in [0.15, 0.2) is 5.13 Å². The highest BCUT2D eigenvalue weighted by molar-refractivity contribution is 7.15. The predicted molar refractivity (Wildman–Crippen MR) is 110 cm³/mol. The van der Waals surface area contributed by atoms with Crippen LogP contribution < -0.4 is 10.6 Å². The van der Waals surface area contributed by atoms with Gasteiger partial charge >= 0.3 is 0 Å². The molecule has 0 atom stereocenters. The molecule has 0 aliphatic rings. The Balaban J connectivity index is 1.71. The third kappa shape index (κ3) is 5.01. The summed E-state index contributed by atoms with van der Waals surface area (Å²) in [5.74, 6) is -0.429. The minimum absolute atomic E-state index is 0.177. The molecule has 0 aliphatic carbocycles. The van der Waals surface area contributed by atoms with Gasteiger partial charge < -0.3 is 5.32 Å². The second-order valence-electron chi connectivity index (χ2n) is 6.41. The summed E-state index contributed by atoms with van der Waals surface area (Å²) in [6, 6.07) is 15.2. The fraction of sp³-hybridized carbons (Fsp3) is 0.190. The largest absolute Gasteiger partial charge is 0.326 e. The molecule has 0 bridgehead atoms. The Morgan fingerprint density at radius 3 is 2.48 bits per heavy atom. The molecule has 1 aromatic heterocycles. The summed E-state index contributed by atoms with van der Waals surface area (Å²) in [5, 5.41) is 6.10. The Morgan fingerprint density at radius 1 is 1.04 bits per heavy atom. The van der Waals surface area contributed by atoms with Crippen LogP contribution >= 0.6 is 11.3 Å². The maximum atomic E-state index is 12.5. The maximum Gasteiger partial charge on any atom is 0.257 e. The van der Waals surface area contributed by atoms with Crippen LogP contribution in [0.2, 0.25) is 0 Å². The highest BCUT2D eigenvalue weighted by atomic mass is 32.1. The summed E-state index contributed by atoms with van der Waals surface area (Å²) in [5.41, 5.74) is 4.42. The van der Waals surface area contributed by atoms with Crippen molar-refractivity contribution in [1.82, 2.24) is 4.98 Å². The van der Waals surface area contributed by atoms with E-state index >= 15 is 0 Å².